The molecule has 1 aliphatic rings. The van der Waals surface area contributed by atoms with E-state index in [9.17, 15) is 13.2 Å². The number of benzene rings is 1. The van der Waals surface area contributed by atoms with Gasteiger partial charge in [0.2, 0.25) is 17.7 Å². The fraction of sp³-hybridized carbons (Fsp3) is 0.375. The summed E-state index contributed by atoms with van der Waals surface area (Å²) in [4.78, 5) is 21.8. The van der Waals surface area contributed by atoms with E-state index >= 15 is 0 Å². The second-order valence-corrected chi connectivity index (χ2v) is 10.9. The van der Waals surface area contributed by atoms with E-state index in [1.165, 1.54) is 50.9 Å². The smallest absolute Gasteiger partial charge is 0.265 e. The summed E-state index contributed by atoms with van der Waals surface area (Å²) in [5, 5.41) is 3.41. The van der Waals surface area contributed by atoms with Crippen molar-refractivity contribution in [1.29, 1.82) is 0 Å². The van der Waals surface area contributed by atoms with Crippen LogP contribution in [0.1, 0.15) is 31.4 Å². The molecule has 0 saturated heterocycles. The second kappa shape index (κ2) is 10.7. The summed E-state index contributed by atoms with van der Waals surface area (Å²) in [6.45, 7) is 1.82. The van der Waals surface area contributed by atoms with Gasteiger partial charge in [0, 0.05) is 12.0 Å². The molecule has 0 atom stereocenters. The lowest BCUT2D eigenvalue weighted by Crippen LogP contribution is -2.20. The quantitative estimate of drug-likeness (QED) is 0.413. The number of amides is 1. The van der Waals surface area contributed by atoms with Crippen LogP contribution in [-0.2, 0) is 14.8 Å². The summed E-state index contributed by atoms with van der Waals surface area (Å²) in [5.41, 5.74) is 1.47. The van der Waals surface area contributed by atoms with Crippen molar-refractivity contribution >= 4 is 38.1 Å². The molecule has 1 fully saturated rings. The van der Waals surface area contributed by atoms with Gasteiger partial charge in [0.15, 0.2) is 5.13 Å². The van der Waals surface area contributed by atoms with Gasteiger partial charge in [-0.2, -0.15) is 4.98 Å². The van der Waals surface area contributed by atoms with E-state index in [0.29, 0.717) is 16.4 Å². The first-order chi connectivity index (χ1) is 17.2. The summed E-state index contributed by atoms with van der Waals surface area (Å²) >= 11 is 1.30. The van der Waals surface area contributed by atoms with Gasteiger partial charge in [-0.3, -0.25) is 9.52 Å². The van der Waals surface area contributed by atoms with Crippen LogP contribution < -0.4 is 24.2 Å². The zero-order valence-electron chi connectivity index (χ0n) is 20.5. The number of sulfonamides is 1. The highest BCUT2D eigenvalue weighted by molar-refractivity contribution is 7.92. The number of methoxy groups -OCH3 is 3. The van der Waals surface area contributed by atoms with Gasteiger partial charge in [0.05, 0.1) is 31.9 Å². The van der Waals surface area contributed by atoms with Gasteiger partial charge in [0.1, 0.15) is 16.3 Å². The normalized spacial score (nSPS) is 13.9. The molecule has 12 heteroatoms. The van der Waals surface area contributed by atoms with Crippen LogP contribution >= 0.6 is 11.3 Å². The molecule has 1 saturated carbocycles. The molecule has 192 valence electrons. The van der Waals surface area contributed by atoms with Gasteiger partial charge < -0.3 is 19.5 Å². The molecule has 36 heavy (non-hydrogen) atoms. The minimum absolute atomic E-state index is 0.0166. The lowest BCUT2D eigenvalue weighted by Gasteiger charge is -2.15. The topological polar surface area (TPSA) is 129 Å². The number of anilines is 2. The Labute approximate surface area is 214 Å². The van der Waals surface area contributed by atoms with Gasteiger partial charge in [-0.25, -0.2) is 13.4 Å². The molecule has 0 radical (unpaired) electrons. The minimum Gasteiger partial charge on any atom is -0.495 e. The lowest BCUT2D eigenvalue weighted by molar-refractivity contribution is -0.119. The Morgan fingerprint density at radius 3 is 2.44 bits per heavy atom. The van der Waals surface area contributed by atoms with Gasteiger partial charge in [-0.1, -0.05) is 24.2 Å². The van der Waals surface area contributed by atoms with E-state index in [1.54, 1.807) is 12.1 Å². The van der Waals surface area contributed by atoms with Crippen LogP contribution in [0.5, 0.6) is 17.5 Å². The number of thiazole rings is 1. The molecule has 2 aromatic heterocycles. The first kappa shape index (κ1) is 25.7. The van der Waals surface area contributed by atoms with Gasteiger partial charge >= 0.3 is 0 Å². The number of aryl methyl sites for hydroxylation is 1. The lowest BCUT2D eigenvalue weighted by atomic mass is 10.1. The number of rotatable bonds is 9. The monoisotopic (exact) mass is 532 g/mol. The largest absolute Gasteiger partial charge is 0.495 e. The molecule has 10 nitrogen and oxygen atoms in total. The second-order valence-electron chi connectivity index (χ2n) is 8.29. The summed E-state index contributed by atoms with van der Waals surface area (Å²) in [7, 11) is 0.143. The molecule has 3 aromatic rings. The highest BCUT2D eigenvalue weighted by Gasteiger charge is 2.26. The molecule has 2 N–H and O–H groups in total. The van der Waals surface area contributed by atoms with Crippen molar-refractivity contribution in [3.63, 3.8) is 0 Å². The van der Waals surface area contributed by atoms with Gasteiger partial charge in [0.25, 0.3) is 10.0 Å². The standard InChI is InChI=1S/C24H28N4O6S2/c1-14-21(35-24(25-14)27-22(29)15-7-5-6-8-15)16-9-11-18(32-2)19(13-16)36(30,31)28-17-10-12-20(33-3)26-23(17)34-4/h9-13,15,28H,5-8H2,1-4H3,(H,25,27,29). The van der Waals surface area contributed by atoms with Gasteiger partial charge in [-0.05, 0) is 49.6 Å². The molecular weight excluding hydrogens is 504 g/mol. The first-order valence-electron chi connectivity index (χ1n) is 11.3. The Hall–Kier alpha value is -3.38. The molecule has 1 aromatic carbocycles. The third kappa shape index (κ3) is 5.39. The Morgan fingerprint density at radius 1 is 1.03 bits per heavy atom. The average Bonchev–Trinajstić information content (AvgIpc) is 3.54. The Balaban J connectivity index is 1.65. The van der Waals surface area contributed by atoms with Crippen LogP contribution in [0.2, 0.25) is 0 Å². The van der Waals surface area contributed by atoms with Crippen LogP contribution in [-0.4, -0.2) is 45.6 Å². The predicted octanol–water partition coefficient (Wildman–Crippen LogP) is 4.47. The number of hydrogen-bond acceptors (Lipinski definition) is 9. The van der Waals surface area contributed by atoms with Crippen LogP contribution in [0.4, 0.5) is 10.8 Å². The van der Waals surface area contributed by atoms with E-state index < -0.39 is 10.0 Å². The maximum Gasteiger partial charge on any atom is 0.265 e. The van der Waals surface area contributed by atoms with Crippen molar-refractivity contribution in [1.82, 2.24) is 9.97 Å². The van der Waals surface area contributed by atoms with E-state index in [2.05, 4.69) is 20.0 Å². The SMILES string of the molecule is COc1ccc(NS(=O)(=O)c2cc(-c3sc(NC(=O)C4CCCC4)nc3C)ccc2OC)c(OC)n1. The van der Waals surface area contributed by atoms with Crippen LogP contribution in [0.25, 0.3) is 10.4 Å². The van der Waals surface area contributed by atoms with E-state index in [4.69, 9.17) is 14.2 Å². The minimum atomic E-state index is -4.10. The van der Waals surface area contributed by atoms with Crippen LogP contribution in [0.3, 0.4) is 0 Å². The number of aromatic nitrogens is 2. The predicted molar refractivity (Wildman–Crippen MR) is 138 cm³/mol. The Kier molecular flexibility index (Phi) is 7.65. The fourth-order valence-corrected chi connectivity index (χ4v) is 6.33. The number of nitrogens with zero attached hydrogens (tertiary/aromatic N) is 2. The molecule has 0 aliphatic heterocycles. The van der Waals surface area contributed by atoms with E-state index in [1.807, 2.05) is 6.92 Å². The molecule has 1 aliphatic carbocycles. The molecule has 0 unspecified atom stereocenters. The third-order valence-electron chi connectivity index (χ3n) is 5.95. The number of pyridine rings is 1. The Morgan fingerprint density at radius 2 is 1.78 bits per heavy atom. The summed E-state index contributed by atoms with van der Waals surface area (Å²) in [6, 6.07) is 7.90. The zero-order chi connectivity index (χ0) is 25.9. The van der Waals surface area contributed by atoms with Crippen LogP contribution in [0.15, 0.2) is 35.2 Å². The van der Waals surface area contributed by atoms with E-state index in [-0.39, 0.29) is 39.9 Å². The maximum absolute atomic E-state index is 13.4. The number of carbonyl (C=O) groups excluding carboxylic acids is 1. The molecule has 0 spiro atoms. The van der Waals surface area contributed by atoms with Crippen molar-refractivity contribution < 1.29 is 27.4 Å². The van der Waals surface area contributed by atoms with Crippen molar-refractivity contribution in [2.75, 3.05) is 31.4 Å². The maximum atomic E-state index is 13.4. The molecular formula is C24H28N4O6S2. The zero-order valence-corrected chi connectivity index (χ0v) is 22.1. The van der Waals surface area contributed by atoms with Crippen molar-refractivity contribution in [3.8, 4) is 28.0 Å². The number of nitrogens with one attached hydrogen (secondary N) is 2. The van der Waals surface area contributed by atoms with Crippen LogP contribution in [0, 0.1) is 12.8 Å². The number of carbonyl (C=O) groups is 1. The highest BCUT2D eigenvalue weighted by atomic mass is 32.2. The number of ether oxygens (including phenoxy) is 3. The van der Waals surface area contributed by atoms with E-state index in [0.717, 1.165) is 30.6 Å². The van der Waals surface area contributed by atoms with Crippen molar-refractivity contribution in [3.05, 3.63) is 36.0 Å². The molecule has 0 bridgehead atoms. The number of hydrogen-bond donors (Lipinski definition) is 2. The van der Waals surface area contributed by atoms with Crippen molar-refractivity contribution in [2.45, 2.75) is 37.5 Å². The molecule has 4 rings (SSSR count). The summed E-state index contributed by atoms with van der Waals surface area (Å²) in [5.74, 6) is 0.520. The molecule has 1 amide bonds. The Bertz CT molecular complexity index is 1370. The summed E-state index contributed by atoms with van der Waals surface area (Å²) in [6.07, 6.45) is 3.92. The highest BCUT2D eigenvalue weighted by Crippen LogP contribution is 2.38. The van der Waals surface area contributed by atoms with Crippen molar-refractivity contribution in [2.24, 2.45) is 5.92 Å². The fourth-order valence-electron chi connectivity index (χ4n) is 4.11. The van der Waals surface area contributed by atoms with Gasteiger partial charge in [-0.15, -0.1) is 0 Å². The third-order valence-corrected chi connectivity index (χ3v) is 8.46. The summed E-state index contributed by atoms with van der Waals surface area (Å²) < 4.78 is 44.9. The first-order valence-corrected chi connectivity index (χ1v) is 13.6. The molecule has 2 heterocycles. The average molecular weight is 533 g/mol.